The van der Waals surface area contributed by atoms with E-state index in [9.17, 15) is 4.79 Å². The first kappa shape index (κ1) is 15.3. The maximum absolute atomic E-state index is 12.0. The molecule has 0 aliphatic carbocycles. The summed E-state index contributed by atoms with van der Waals surface area (Å²) >= 11 is 0. The predicted octanol–water partition coefficient (Wildman–Crippen LogP) is 2.82. The first-order valence-corrected chi connectivity index (χ1v) is 9.65. The maximum Gasteiger partial charge on any atom is 0.230 e. The van der Waals surface area contributed by atoms with E-state index in [0.717, 1.165) is 34.0 Å². The molecule has 0 spiro atoms. The van der Waals surface area contributed by atoms with Gasteiger partial charge in [-0.2, -0.15) is 5.10 Å². The number of rotatable bonds is 4. The molecule has 1 unspecified atom stereocenters. The molecule has 5 heterocycles. The Morgan fingerprint density at radius 2 is 2.23 bits per heavy atom. The number of furan rings is 2. The Balaban J connectivity index is 1.56. The lowest BCUT2D eigenvalue weighted by Crippen LogP contribution is -2.30. The quantitative estimate of drug-likeness (QED) is 0.563. The Kier molecular flexibility index (Phi) is 3.59. The van der Waals surface area contributed by atoms with Gasteiger partial charge < -0.3 is 13.7 Å². The van der Waals surface area contributed by atoms with Crippen LogP contribution in [-0.4, -0.2) is 44.5 Å². The summed E-state index contributed by atoms with van der Waals surface area (Å²) in [6.07, 6.45) is 6.23. The number of carbonyl (C=O) groups excluding carboxylic acids is 1. The molecule has 1 atom stereocenters. The highest BCUT2D eigenvalue weighted by molar-refractivity contribution is 8.40. The van der Waals surface area contributed by atoms with Gasteiger partial charge in [-0.3, -0.25) is 4.79 Å². The Morgan fingerprint density at radius 3 is 3.04 bits per heavy atom. The number of hydrogen-bond acceptors (Lipinski definition) is 7. The highest BCUT2D eigenvalue weighted by atomic mass is 32.2. The standard InChI is InChI=1S/C17H15N5O3S/c23-14-4-1-5-22(14)7-13-21-20-10-26(13)17-15-11(12-3-2-6-24-12)8-25-16(15)18-9-19-17/h2-3,6,8-10,26H,1,4-5,7H2. The van der Waals surface area contributed by atoms with E-state index in [-0.39, 0.29) is 5.91 Å². The van der Waals surface area contributed by atoms with Crippen LogP contribution in [0.5, 0.6) is 0 Å². The summed E-state index contributed by atoms with van der Waals surface area (Å²) in [6, 6.07) is 3.70. The molecule has 5 rings (SSSR count). The Hall–Kier alpha value is -2.94. The van der Waals surface area contributed by atoms with E-state index >= 15 is 0 Å². The number of carbonyl (C=O) groups is 1. The zero-order chi connectivity index (χ0) is 17.5. The van der Waals surface area contributed by atoms with E-state index in [1.165, 1.54) is 6.33 Å². The van der Waals surface area contributed by atoms with Crippen LogP contribution in [0.4, 0.5) is 0 Å². The van der Waals surface area contributed by atoms with E-state index in [1.54, 1.807) is 12.5 Å². The van der Waals surface area contributed by atoms with Crippen LogP contribution in [0.2, 0.25) is 0 Å². The third-order valence-electron chi connectivity index (χ3n) is 4.49. The minimum absolute atomic E-state index is 0.168. The Bertz CT molecular complexity index is 1040. The number of amides is 1. The molecule has 132 valence electrons. The summed E-state index contributed by atoms with van der Waals surface area (Å²) in [6.45, 7) is 1.26. The summed E-state index contributed by atoms with van der Waals surface area (Å²) in [4.78, 5) is 22.5. The number of nitrogens with zero attached hydrogens (tertiary/aromatic N) is 5. The van der Waals surface area contributed by atoms with Gasteiger partial charge >= 0.3 is 0 Å². The van der Waals surface area contributed by atoms with Crippen molar-refractivity contribution in [2.45, 2.75) is 17.9 Å². The van der Waals surface area contributed by atoms with Crippen molar-refractivity contribution in [3.8, 4) is 11.3 Å². The number of fused-ring (bicyclic) bond motifs is 1. The zero-order valence-corrected chi connectivity index (χ0v) is 14.6. The van der Waals surface area contributed by atoms with E-state index in [2.05, 4.69) is 20.2 Å². The third-order valence-corrected chi connectivity index (χ3v) is 6.40. The second-order valence-electron chi connectivity index (χ2n) is 6.04. The van der Waals surface area contributed by atoms with Crippen LogP contribution in [0.1, 0.15) is 12.8 Å². The fourth-order valence-corrected chi connectivity index (χ4v) is 4.99. The molecule has 8 nitrogen and oxygen atoms in total. The van der Waals surface area contributed by atoms with Crippen molar-refractivity contribution >= 4 is 38.5 Å². The SMILES string of the molecule is O=C1CCCN1CC1=NN=C[SH]1c1ncnc2occ(-c3ccco3)c12. The van der Waals surface area contributed by atoms with Crippen molar-refractivity contribution in [2.75, 3.05) is 13.1 Å². The Morgan fingerprint density at radius 1 is 1.27 bits per heavy atom. The molecule has 3 aromatic rings. The molecule has 2 aliphatic rings. The molecular weight excluding hydrogens is 354 g/mol. The van der Waals surface area contributed by atoms with Crippen LogP contribution in [0.3, 0.4) is 0 Å². The normalized spacial score (nSPS) is 21.1. The van der Waals surface area contributed by atoms with Gasteiger partial charge in [0.1, 0.15) is 28.4 Å². The topological polar surface area (TPSA) is 97.1 Å². The van der Waals surface area contributed by atoms with E-state index < -0.39 is 10.9 Å². The fourth-order valence-electron chi connectivity index (χ4n) is 3.24. The molecule has 0 aromatic carbocycles. The Labute approximate surface area is 151 Å². The summed E-state index contributed by atoms with van der Waals surface area (Å²) in [7, 11) is -0.993. The molecule has 0 saturated carbocycles. The lowest BCUT2D eigenvalue weighted by molar-refractivity contribution is -0.127. The maximum atomic E-state index is 12.0. The van der Waals surface area contributed by atoms with Crippen LogP contribution in [-0.2, 0) is 4.79 Å². The summed E-state index contributed by atoms with van der Waals surface area (Å²) < 4.78 is 11.1. The first-order chi connectivity index (χ1) is 12.8. The van der Waals surface area contributed by atoms with Crippen molar-refractivity contribution in [3.63, 3.8) is 0 Å². The van der Waals surface area contributed by atoms with Crippen molar-refractivity contribution in [3.05, 3.63) is 31.0 Å². The minimum Gasteiger partial charge on any atom is -0.464 e. The van der Waals surface area contributed by atoms with E-state index in [4.69, 9.17) is 8.83 Å². The molecule has 26 heavy (non-hydrogen) atoms. The lowest BCUT2D eigenvalue weighted by Gasteiger charge is -2.20. The molecule has 1 fully saturated rings. The van der Waals surface area contributed by atoms with Gasteiger partial charge in [-0.15, -0.1) is 16.0 Å². The number of thiol groups is 1. The van der Waals surface area contributed by atoms with Gasteiger partial charge in [0.15, 0.2) is 0 Å². The second kappa shape index (κ2) is 6.10. The van der Waals surface area contributed by atoms with Crippen LogP contribution < -0.4 is 0 Å². The molecule has 9 heteroatoms. The first-order valence-electron chi connectivity index (χ1n) is 8.24. The third kappa shape index (κ3) is 2.43. The summed E-state index contributed by atoms with van der Waals surface area (Å²) in [5.41, 5.74) is 3.12. The van der Waals surface area contributed by atoms with Crippen LogP contribution >= 0.6 is 10.9 Å². The molecule has 1 amide bonds. The van der Waals surface area contributed by atoms with Gasteiger partial charge in [0, 0.05) is 13.0 Å². The average Bonchev–Trinajstić information content (AvgIpc) is 3.42. The fraction of sp³-hybridized carbons (Fsp3) is 0.235. The van der Waals surface area contributed by atoms with Crippen molar-refractivity contribution < 1.29 is 13.6 Å². The molecule has 2 aliphatic heterocycles. The minimum atomic E-state index is -0.993. The predicted molar refractivity (Wildman–Crippen MR) is 98.5 cm³/mol. The van der Waals surface area contributed by atoms with Crippen LogP contribution in [0.25, 0.3) is 22.4 Å². The molecule has 0 radical (unpaired) electrons. The highest BCUT2D eigenvalue weighted by Gasteiger charge is 2.29. The van der Waals surface area contributed by atoms with Crippen molar-refractivity contribution in [1.82, 2.24) is 14.9 Å². The van der Waals surface area contributed by atoms with E-state index in [1.807, 2.05) is 22.6 Å². The van der Waals surface area contributed by atoms with Gasteiger partial charge in [-0.25, -0.2) is 9.97 Å². The van der Waals surface area contributed by atoms with Gasteiger partial charge in [0.2, 0.25) is 11.6 Å². The molecule has 0 bridgehead atoms. The lowest BCUT2D eigenvalue weighted by atomic mass is 10.2. The zero-order valence-electron chi connectivity index (χ0n) is 13.7. The van der Waals surface area contributed by atoms with Gasteiger partial charge in [0.05, 0.1) is 29.3 Å². The number of hydrogen-bond donors (Lipinski definition) is 1. The summed E-state index contributed by atoms with van der Waals surface area (Å²) in [5.74, 6) is 0.862. The smallest absolute Gasteiger partial charge is 0.230 e. The van der Waals surface area contributed by atoms with Gasteiger partial charge in [-0.1, -0.05) is 0 Å². The van der Waals surface area contributed by atoms with Crippen molar-refractivity contribution in [2.24, 2.45) is 10.2 Å². The number of likely N-dealkylation sites (tertiary alicyclic amines) is 1. The van der Waals surface area contributed by atoms with Crippen molar-refractivity contribution in [1.29, 1.82) is 0 Å². The van der Waals surface area contributed by atoms with Gasteiger partial charge in [-0.05, 0) is 18.6 Å². The number of aromatic nitrogens is 2. The summed E-state index contributed by atoms with van der Waals surface area (Å²) in [5, 5.41) is 10.9. The van der Waals surface area contributed by atoms with Crippen LogP contribution in [0, 0.1) is 0 Å². The molecule has 1 saturated heterocycles. The van der Waals surface area contributed by atoms with Crippen LogP contribution in [0.15, 0.2) is 55.0 Å². The molecule has 3 aromatic heterocycles. The molecule has 0 N–H and O–H groups in total. The largest absolute Gasteiger partial charge is 0.464 e. The van der Waals surface area contributed by atoms with Gasteiger partial charge in [0.25, 0.3) is 0 Å². The average molecular weight is 369 g/mol. The van der Waals surface area contributed by atoms with E-state index in [0.29, 0.717) is 24.4 Å². The molecular formula is C17H15N5O3S. The highest BCUT2D eigenvalue weighted by Crippen LogP contribution is 2.44. The second-order valence-corrected chi connectivity index (χ2v) is 7.95. The monoisotopic (exact) mass is 369 g/mol.